The molecule has 125 heavy (non-hydrogen) atoms. The Morgan fingerprint density at radius 3 is 1.25 bits per heavy atom. The van der Waals surface area contributed by atoms with Crippen LogP contribution in [0.1, 0.15) is 246 Å². The third-order valence-corrected chi connectivity index (χ3v) is 26.5. The molecule has 0 aliphatic heterocycles. The molecule has 8 aromatic carbocycles. The van der Waals surface area contributed by atoms with E-state index in [0.717, 1.165) is 114 Å². The van der Waals surface area contributed by atoms with Crippen molar-refractivity contribution in [3.05, 3.63) is 270 Å². The topological polar surface area (TPSA) is 215 Å². The molecule has 18 rings (SSSR count). The van der Waals surface area contributed by atoms with Crippen LogP contribution in [-0.2, 0) is 48.7 Å². The molecular weight excluding hydrogens is 1680 g/mol. The summed E-state index contributed by atoms with van der Waals surface area (Å²) in [5.41, 5.74) is 15.9. The molecule has 0 bridgehead atoms. The van der Waals surface area contributed by atoms with E-state index in [0.29, 0.717) is 16.8 Å². The fourth-order valence-electron chi connectivity index (χ4n) is 11.5. The Labute approximate surface area is 768 Å². The molecule has 0 unspecified atom stereocenters. The van der Waals surface area contributed by atoms with Gasteiger partial charge in [0.1, 0.15) is 53.9 Å². The highest BCUT2D eigenvalue weighted by Gasteiger charge is 2.27. The average molecular weight is 1810 g/mol. The van der Waals surface area contributed by atoms with Gasteiger partial charge in [0.05, 0.1) is 77.8 Å². The molecule has 0 saturated carbocycles. The number of benzene rings is 8. The van der Waals surface area contributed by atoms with Gasteiger partial charge in [0.2, 0.25) is 11.8 Å². The number of halogens is 2. The first-order valence-electron chi connectivity index (χ1n) is 42.1. The zero-order valence-electron chi connectivity index (χ0n) is 78.1. The van der Waals surface area contributed by atoms with Gasteiger partial charge in [-0.3, -0.25) is 0 Å². The second-order valence-corrected chi connectivity index (χ2v) is 46.0. The Morgan fingerprint density at radius 2 is 0.720 bits per heavy atom. The Morgan fingerprint density at radius 1 is 0.288 bits per heavy atom. The van der Waals surface area contributed by atoms with Gasteiger partial charge in [-0.2, -0.15) is 0 Å². The van der Waals surface area contributed by atoms with Crippen molar-refractivity contribution in [1.82, 2.24) is 75.2 Å². The van der Waals surface area contributed by atoms with E-state index >= 15 is 0 Å². The molecule has 656 valence electrons. The van der Waals surface area contributed by atoms with Crippen LogP contribution in [0.15, 0.2) is 205 Å². The number of imidazole rings is 3. The number of pyridine rings is 1. The first-order chi connectivity index (χ1) is 58.3. The van der Waals surface area contributed by atoms with E-state index in [9.17, 15) is 0 Å². The molecule has 23 heteroatoms. The summed E-state index contributed by atoms with van der Waals surface area (Å²) >= 11 is 20.8. The largest absolute Gasteiger partial charge is 0.420 e. The summed E-state index contributed by atoms with van der Waals surface area (Å²) in [6.07, 6.45) is 1.81. The summed E-state index contributed by atoms with van der Waals surface area (Å²) in [7, 11) is 0. The van der Waals surface area contributed by atoms with E-state index in [1.54, 1.807) is 56.7 Å². The molecule has 0 fully saturated rings. The molecule has 0 radical (unpaired) electrons. The maximum atomic E-state index is 6.06. The van der Waals surface area contributed by atoms with Crippen LogP contribution in [0, 0.1) is 13.8 Å². The van der Waals surface area contributed by atoms with Gasteiger partial charge in [-0.15, -0.1) is 54.4 Å². The van der Waals surface area contributed by atoms with Gasteiger partial charge in [-0.05, 0) is 122 Å². The minimum Gasteiger partial charge on any atom is -0.420 e. The van der Waals surface area contributed by atoms with Crippen molar-refractivity contribution < 1.29 is 4.42 Å². The highest BCUT2D eigenvalue weighted by Crippen LogP contribution is 2.38. The SMILES string of the molecule is CC(C)(C)c1nc2c(Cl)cccc2[nH]1.CC(C)(C)c1nc2c(Cl)cccc2s1.CC(C)(C)c1nc2ccccc2[nH]1.CC(C)(C)c1nc2ccccc2s1.CC(C)(C)c1nc2cccnc2s1.CC(C)(C)c1nnc(-c2ccccc2)o1.CC(C)(C)c1nnc(-c2ccccc2)s1.Cc1ccc2nc(C(C)(C)C)[nH]c2c1.Cc1ccc2sc(C(C)(C)C)nc2c1. The summed E-state index contributed by atoms with van der Waals surface area (Å²) in [6, 6.07) is 64.8. The van der Waals surface area contributed by atoms with Crippen LogP contribution in [0.2, 0.25) is 10.0 Å². The van der Waals surface area contributed by atoms with E-state index < -0.39 is 0 Å². The molecule has 0 spiro atoms. The third-order valence-electron chi connectivity index (χ3n) is 18.7. The van der Waals surface area contributed by atoms with Crippen LogP contribution in [0.25, 0.3) is 96.1 Å². The number of rotatable bonds is 2. The Kier molecular flexibility index (Phi) is 31.2. The van der Waals surface area contributed by atoms with Crippen LogP contribution < -0.4 is 0 Å². The van der Waals surface area contributed by atoms with Crippen LogP contribution in [0.5, 0.6) is 0 Å². The molecule has 10 aromatic heterocycles. The van der Waals surface area contributed by atoms with Crippen LogP contribution in [-0.4, -0.2) is 75.2 Å². The lowest BCUT2D eigenvalue weighted by molar-refractivity contribution is 0.399. The molecule has 18 aromatic rings. The molecule has 16 nitrogen and oxygen atoms in total. The zero-order chi connectivity index (χ0) is 91.6. The molecule has 0 saturated heterocycles. The van der Waals surface area contributed by atoms with Gasteiger partial charge >= 0.3 is 0 Å². The van der Waals surface area contributed by atoms with Gasteiger partial charge in [-0.25, -0.2) is 39.9 Å². The summed E-state index contributed by atoms with van der Waals surface area (Å²) in [4.78, 5) is 47.2. The minimum absolute atomic E-state index is 0.0301. The molecule has 0 atom stereocenters. The number of fused-ring (bicyclic) bond motifs is 7. The van der Waals surface area contributed by atoms with E-state index in [4.69, 9.17) is 27.6 Å². The van der Waals surface area contributed by atoms with Gasteiger partial charge in [0.15, 0.2) is 0 Å². The number of aryl methyl sites for hydroxylation is 2. The fraction of sp³-hybridized carbons (Fsp3) is 0.373. The Hall–Kier alpha value is -9.84. The van der Waals surface area contributed by atoms with Crippen LogP contribution in [0.3, 0.4) is 0 Å². The second kappa shape index (κ2) is 40.0. The predicted molar refractivity (Wildman–Crippen MR) is 537 cm³/mol. The number of aromatic nitrogens is 15. The number of hydrogen-bond donors (Lipinski definition) is 3. The molecule has 0 amide bonds. The van der Waals surface area contributed by atoms with E-state index in [1.807, 2.05) is 121 Å². The highest BCUT2D eigenvalue weighted by molar-refractivity contribution is 7.19. The maximum absolute atomic E-state index is 6.06. The quantitative estimate of drug-likeness (QED) is 0.147. The molecular formula is C102H123Cl2N15OS5. The molecule has 10 heterocycles. The number of para-hydroxylation sites is 5. The summed E-state index contributed by atoms with van der Waals surface area (Å²) < 4.78 is 9.36. The van der Waals surface area contributed by atoms with Crippen molar-refractivity contribution in [2.45, 2.75) is 250 Å². The van der Waals surface area contributed by atoms with Gasteiger partial charge in [0, 0.05) is 66.1 Å². The number of aromatic amines is 3. The van der Waals surface area contributed by atoms with Crippen LogP contribution >= 0.6 is 79.9 Å². The molecule has 3 N–H and O–H groups in total. The number of nitrogens with one attached hydrogen (secondary N) is 3. The first kappa shape index (κ1) is 97.4. The summed E-state index contributed by atoms with van der Waals surface area (Å²) in [5.74, 6) is 4.33. The Bertz CT molecular complexity index is 5950. The van der Waals surface area contributed by atoms with Crippen molar-refractivity contribution >= 4 is 154 Å². The van der Waals surface area contributed by atoms with Crippen molar-refractivity contribution in [3.8, 4) is 22.0 Å². The van der Waals surface area contributed by atoms with Crippen molar-refractivity contribution in [3.63, 3.8) is 0 Å². The lowest BCUT2D eigenvalue weighted by Crippen LogP contribution is -2.12. The predicted octanol–water partition coefficient (Wildman–Crippen LogP) is 30.8. The van der Waals surface area contributed by atoms with Gasteiger partial charge in [0.25, 0.3) is 0 Å². The summed E-state index contributed by atoms with van der Waals surface area (Å²) in [5, 5.41) is 24.8. The zero-order valence-corrected chi connectivity index (χ0v) is 83.7. The number of nitrogens with zero attached hydrogens (tertiary/aromatic N) is 12. The normalized spacial score (nSPS) is 12.1. The number of H-pyrrole nitrogens is 3. The van der Waals surface area contributed by atoms with E-state index in [-0.39, 0.29) is 48.7 Å². The van der Waals surface area contributed by atoms with Gasteiger partial charge < -0.3 is 19.4 Å². The van der Waals surface area contributed by atoms with Crippen molar-refractivity contribution in [1.29, 1.82) is 0 Å². The van der Waals surface area contributed by atoms with Crippen molar-refractivity contribution in [2.24, 2.45) is 0 Å². The van der Waals surface area contributed by atoms with Gasteiger partial charge in [-0.1, -0.05) is 330 Å². The van der Waals surface area contributed by atoms with E-state index in [1.165, 1.54) is 35.2 Å². The number of hydrogen-bond acceptors (Lipinski definition) is 18. The standard InChI is InChI=1S/C12H14N2O.C12H14N2S.C12H16N2.C12H15NS.C11H13ClN2.C11H12ClNS.C11H14N2.C11H13NS.C10H12N2S/c2*1-12(2,3)11-14-13-10(15-11)9-7-5-4-6-8-9;1-8-5-6-9-10(7-8)14-11(13-9)12(2,3)4;1-8-5-6-10-9(7-8)13-11(14-10)12(2,3)4;1-11(2,3)10-13-8-6-4-5-7(12)9(8)14-10;1-11(2,3)10-13-9-7(12)5-4-6-8(9)14-10;2*1-11(2,3)10-12-8-6-4-5-7-9(8)13-10;1-10(2,3)9-12-7-5-4-6-11-8(7)13-9/h2*4-8H,1-3H3;5-7H,1-4H3,(H,13,14);5-7H,1-4H3;4-6H,1-3H3,(H,13,14);4-6H,1-3H3;4-7H,1-3H3,(H,12,13);4-7H,1-3H3;4-6H,1-3H3. The fourth-order valence-corrected chi connectivity index (χ4v) is 16.9. The Balaban J connectivity index is 0.000000147. The second-order valence-electron chi connectivity index (χ2n) is 40.2. The smallest absolute Gasteiger partial charge is 0.247 e. The lowest BCUT2D eigenvalue weighted by Gasteiger charge is -2.13. The molecule has 0 aliphatic carbocycles. The lowest BCUT2D eigenvalue weighted by atomic mass is 9.96. The average Bonchev–Trinajstić information content (AvgIpc) is 1.66. The minimum atomic E-state index is -0.0972. The monoisotopic (exact) mass is 1800 g/mol. The highest BCUT2D eigenvalue weighted by atomic mass is 35.5. The first-order valence-corrected chi connectivity index (χ1v) is 47.0. The third kappa shape index (κ3) is 27.3. The summed E-state index contributed by atoms with van der Waals surface area (Å²) in [6.45, 7) is 62.4. The van der Waals surface area contributed by atoms with Crippen LogP contribution in [0.4, 0.5) is 0 Å². The maximum Gasteiger partial charge on any atom is 0.247 e. The molecule has 0 aliphatic rings. The van der Waals surface area contributed by atoms with E-state index in [2.05, 4.69) is 355 Å². The number of thiazole rings is 4. The van der Waals surface area contributed by atoms with Crippen molar-refractivity contribution in [2.75, 3.05) is 0 Å².